The van der Waals surface area contributed by atoms with E-state index in [0.29, 0.717) is 23.6 Å². The van der Waals surface area contributed by atoms with E-state index in [0.717, 1.165) is 12.0 Å². The van der Waals surface area contributed by atoms with Crippen LogP contribution in [-0.2, 0) is 6.54 Å². The Bertz CT molecular complexity index is 588. The van der Waals surface area contributed by atoms with Crippen LogP contribution < -0.4 is 0 Å². The van der Waals surface area contributed by atoms with E-state index in [1.165, 1.54) is 0 Å². The monoisotopic (exact) mass is 287 g/mol. The zero-order valence-electron chi connectivity index (χ0n) is 13.0. The van der Waals surface area contributed by atoms with Gasteiger partial charge < -0.3 is 9.42 Å². The highest BCUT2D eigenvalue weighted by atomic mass is 16.5. The molecule has 0 bridgehead atoms. The third-order valence-electron chi connectivity index (χ3n) is 3.71. The van der Waals surface area contributed by atoms with Crippen LogP contribution in [0.25, 0.3) is 0 Å². The van der Waals surface area contributed by atoms with Crippen LogP contribution in [0.3, 0.4) is 0 Å². The molecule has 112 valence electrons. The van der Waals surface area contributed by atoms with Crippen molar-refractivity contribution >= 4 is 5.91 Å². The van der Waals surface area contributed by atoms with Gasteiger partial charge in [-0.15, -0.1) is 0 Å². The molecular formula is C16H21N3O2. The summed E-state index contributed by atoms with van der Waals surface area (Å²) in [5.74, 6) is 0.529. The summed E-state index contributed by atoms with van der Waals surface area (Å²) in [5.41, 5.74) is 2.22. The van der Waals surface area contributed by atoms with Gasteiger partial charge in [0.1, 0.15) is 11.3 Å². The minimum Gasteiger partial charge on any atom is -0.361 e. The van der Waals surface area contributed by atoms with Gasteiger partial charge in [-0.25, -0.2) is 0 Å². The molecule has 2 aromatic heterocycles. The van der Waals surface area contributed by atoms with Crippen LogP contribution >= 0.6 is 0 Å². The smallest absolute Gasteiger partial charge is 0.259 e. The highest BCUT2D eigenvalue weighted by molar-refractivity contribution is 5.96. The lowest BCUT2D eigenvalue weighted by atomic mass is 10.1. The molecule has 0 aliphatic heterocycles. The van der Waals surface area contributed by atoms with E-state index in [1.807, 2.05) is 24.0 Å². The molecule has 0 saturated heterocycles. The molecule has 2 heterocycles. The average molecular weight is 287 g/mol. The van der Waals surface area contributed by atoms with Crippen molar-refractivity contribution in [3.63, 3.8) is 0 Å². The molecule has 0 spiro atoms. The van der Waals surface area contributed by atoms with Gasteiger partial charge in [0.2, 0.25) is 0 Å². The van der Waals surface area contributed by atoms with Crippen molar-refractivity contribution < 1.29 is 9.32 Å². The van der Waals surface area contributed by atoms with Crippen molar-refractivity contribution in [1.29, 1.82) is 0 Å². The molecule has 0 aromatic carbocycles. The van der Waals surface area contributed by atoms with Gasteiger partial charge in [0.05, 0.1) is 5.69 Å². The van der Waals surface area contributed by atoms with E-state index in [2.05, 4.69) is 17.1 Å². The number of amides is 1. The normalized spacial score (nSPS) is 12.2. The van der Waals surface area contributed by atoms with Gasteiger partial charge in [0.15, 0.2) is 0 Å². The van der Waals surface area contributed by atoms with Crippen molar-refractivity contribution in [3.05, 3.63) is 47.1 Å². The first-order valence-electron chi connectivity index (χ1n) is 7.17. The van der Waals surface area contributed by atoms with E-state index in [4.69, 9.17) is 4.52 Å². The number of hydrogen-bond acceptors (Lipinski definition) is 4. The Morgan fingerprint density at radius 1 is 1.43 bits per heavy atom. The van der Waals surface area contributed by atoms with Crippen LogP contribution in [0.4, 0.5) is 0 Å². The molecule has 0 aliphatic rings. The fraction of sp³-hybridized carbons (Fsp3) is 0.438. The quantitative estimate of drug-likeness (QED) is 0.847. The van der Waals surface area contributed by atoms with Crippen molar-refractivity contribution in [2.75, 3.05) is 0 Å². The van der Waals surface area contributed by atoms with E-state index in [1.54, 1.807) is 26.2 Å². The van der Waals surface area contributed by atoms with Gasteiger partial charge in [-0.05, 0) is 38.8 Å². The molecule has 2 rings (SSSR count). The maximum absolute atomic E-state index is 12.9. The Hall–Kier alpha value is -2.17. The molecule has 5 nitrogen and oxygen atoms in total. The maximum atomic E-state index is 12.9. The van der Waals surface area contributed by atoms with Crippen molar-refractivity contribution in [3.8, 4) is 0 Å². The first-order chi connectivity index (χ1) is 10.0. The summed E-state index contributed by atoms with van der Waals surface area (Å²) in [6.07, 6.45) is 4.40. The van der Waals surface area contributed by atoms with Crippen molar-refractivity contribution in [1.82, 2.24) is 15.0 Å². The van der Waals surface area contributed by atoms with Crippen LogP contribution in [0, 0.1) is 13.8 Å². The molecule has 0 N–H and O–H groups in total. The molecule has 0 fully saturated rings. The maximum Gasteiger partial charge on any atom is 0.259 e. The number of rotatable bonds is 5. The van der Waals surface area contributed by atoms with E-state index < -0.39 is 0 Å². The molecule has 0 unspecified atom stereocenters. The van der Waals surface area contributed by atoms with E-state index in [-0.39, 0.29) is 11.9 Å². The summed E-state index contributed by atoms with van der Waals surface area (Å²) in [6.45, 7) is 8.22. The zero-order valence-corrected chi connectivity index (χ0v) is 13.0. The number of nitrogens with zero attached hydrogens (tertiary/aromatic N) is 3. The predicted molar refractivity (Wildman–Crippen MR) is 79.8 cm³/mol. The molecule has 0 saturated carbocycles. The number of hydrogen-bond donors (Lipinski definition) is 0. The Kier molecular flexibility index (Phi) is 4.73. The minimum absolute atomic E-state index is 0.0375. The topological polar surface area (TPSA) is 59.2 Å². The fourth-order valence-electron chi connectivity index (χ4n) is 2.27. The number of carbonyl (C=O) groups excluding carboxylic acids is 1. The lowest BCUT2D eigenvalue weighted by Gasteiger charge is -2.28. The molecule has 1 atom stereocenters. The van der Waals surface area contributed by atoms with Gasteiger partial charge in [-0.1, -0.05) is 18.1 Å². The second kappa shape index (κ2) is 6.52. The Morgan fingerprint density at radius 2 is 2.19 bits per heavy atom. The standard InChI is InChI=1S/C16H21N3O2/c1-5-11(2)19(10-14-7-6-8-17-9-14)16(20)15-12(3)18-21-13(15)4/h6-9,11H,5,10H2,1-4H3/t11-/m1/s1. The summed E-state index contributed by atoms with van der Waals surface area (Å²) < 4.78 is 5.12. The first kappa shape index (κ1) is 15.2. The number of pyridine rings is 1. The number of carbonyl (C=O) groups is 1. The van der Waals surface area contributed by atoms with Gasteiger partial charge in [0, 0.05) is 25.0 Å². The second-order valence-corrected chi connectivity index (χ2v) is 5.25. The van der Waals surface area contributed by atoms with Crippen LogP contribution in [0.5, 0.6) is 0 Å². The second-order valence-electron chi connectivity index (χ2n) is 5.25. The summed E-state index contributed by atoms with van der Waals surface area (Å²) in [6, 6.07) is 3.99. The third-order valence-corrected chi connectivity index (χ3v) is 3.71. The van der Waals surface area contributed by atoms with Crippen LogP contribution in [0.1, 0.15) is 47.6 Å². The van der Waals surface area contributed by atoms with E-state index >= 15 is 0 Å². The molecule has 1 amide bonds. The molecule has 21 heavy (non-hydrogen) atoms. The van der Waals surface area contributed by atoms with Gasteiger partial charge in [0.25, 0.3) is 5.91 Å². The SMILES string of the molecule is CC[C@@H](C)N(Cc1cccnc1)C(=O)c1c(C)noc1C. The average Bonchev–Trinajstić information content (AvgIpc) is 2.83. The van der Waals surface area contributed by atoms with Gasteiger partial charge >= 0.3 is 0 Å². The molecule has 0 aliphatic carbocycles. The molecule has 2 aromatic rings. The largest absolute Gasteiger partial charge is 0.361 e. The third kappa shape index (κ3) is 3.29. The lowest BCUT2D eigenvalue weighted by Crippen LogP contribution is -2.38. The highest BCUT2D eigenvalue weighted by Gasteiger charge is 2.26. The minimum atomic E-state index is -0.0375. The van der Waals surface area contributed by atoms with Crippen LogP contribution in [0.2, 0.25) is 0 Å². The van der Waals surface area contributed by atoms with Crippen LogP contribution in [-0.4, -0.2) is 27.0 Å². The number of aryl methyl sites for hydroxylation is 2. The Morgan fingerprint density at radius 3 is 2.71 bits per heavy atom. The Labute approximate surface area is 125 Å². The summed E-state index contributed by atoms with van der Waals surface area (Å²) in [4.78, 5) is 18.8. The van der Waals surface area contributed by atoms with Crippen molar-refractivity contribution in [2.24, 2.45) is 0 Å². The number of aromatic nitrogens is 2. The van der Waals surface area contributed by atoms with Gasteiger partial charge in [-0.2, -0.15) is 0 Å². The molecule has 5 heteroatoms. The summed E-state index contributed by atoms with van der Waals surface area (Å²) >= 11 is 0. The van der Waals surface area contributed by atoms with Gasteiger partial charge in [-0.3, -0.25) is 9.78 Å². The molecule has 0 radical (unpaired) electrons. The fourth-order valence-corrected chi connectivity index (χ4v) is 2.27. The summed E-state index contributed by atoms with van der Waals surface area (Å²) in [5, 5.41) is 3.88. The Balaban J connectivity index is 2.30. The van der Waals surface area contributed by atoms with Crippen LogP contribution in [0.15, 0.2) is 29.0 Å². The molecular weight excluding hydrogens is 266 g/mol. The predicted octanol–water partition coefficient (Wildman–Crippen LogP) is 3.13. The van der Waals surface area contributed by atoms with Crippen molar-refractivity contribution in [2.45, 2.75) is 46.7 Å². The first-order valence-corrected chi connectivity index (χ1v) is 7.17. The van der Waals surface area contributed by atoms with E-state index in [9.17, 15) is 4.79 Å². The lowest BCUT2D eigenvalue weighted by molar-refractivity contribution is 0.0669. The summed E-state index contributed by atoms with van der Waals surface area (Å²) in [7, 11) is 0. The highest BCUT2D eigenvalue weighted by Crippen LogP contribution is 2.19. The zero-order chi connectivity index (χ0) is 15.4.